The summed E-state index contributed by atoms with van der Waals surface area (Å²) in [5.41, 5.74) is 7.14. The first kappa shape index (κ1) is 35.8. The fourth-order valence-corrected chi connectivity index (χ4v) is 5.29. The molecule has 236 valence electrons. The number of aryl methyl sites for hydroxylation is 2. The van der Waals surface area contributed by atoms with E-state index >= 15 is 0 Å². The zero-order valence-electron chi connectivity index (χ0n) is 27.7. The number of fused-ring (bicyclic) bond motifs is 3. The third-order valence-corrected chi connectivity index (χ3v) is 7.35. The van der Waals surface area contributed by atoms with Crippen LogP contribution in [0, 0.1) is 17.8 Å². The number of carbonyl (C=O) groups excluding carboxylic acids is 4. The van der Waals surface area contributed by atoms with Gasteiger partial charge >= 0.3 is 6.03 Å². The Morgan fingerprint density at radius 3 is 2.34 bits per heavy atom. The number of benzene rings is 2. The molecule has 8 nitrogen and oxygen atoms in total. The first-order valence-electron chi connectivity index (χ1n) is 15.6. The highest BCUT2D eigenvalue weighted by molar-refractivity contribution is 6.08. The largest absolute Gasteiger partial charge is 0.370 e. The van der Waals surface area contributed by atoms with E-state index in [2.05, 4.69) is 91.7 Å². The number of rotatable bonds is 2. The molecule has 2 heterocycles. The molecule has 3 N–H and O–H groups in total. The molecular weight excluding hydrogens is 552 g/mol. The van der Waals surface area contributed by atoms with Gasteiger partial charge in [-0.05, 0) is 73.6 Å². The first-order valence-corrected chi connectivity index (χ1v) is 15.6. The Kier molecular flexibility index (Phi) is 13.4. The predicted molar refractivity (Wildman–Crippen MR) is 176 cm³/mol. The number of allylic oxidation sites excluding steroid dienone is 1. The van der Waals surface area contributed by atoms with Crippen molar-refractivity contribution in [2.24, 2.45) is 5.92 Å². The normalized spacial score (nSPS) is 18.5. The molecule has 5 amide bonds. The van der Waals surface area contributed by atoms with Crippen LogP contribution < -0.4 is 16.0 Å². The smallest absolute Gasteiger partial charge is 0.322 e. The Bertz CT molecular complexity index is 1470. The second-order valence-electron chi connectivity index (χ2n) is 10.8. The van der Waals surface area contributed by atoms with E-state index in [1.807, 2.05) is 19.9 Å². The van der Waals surface area contributed by atoms with Gasteiger partial charge in [-0.25, -0.2) is 4.79 Å². The lowest BCUT2D eigenvalue weighted by atomic mass is 9.91. The van der Waals surface area contributed by atoms with Gasteiger partial charge in [0.25, 0.3) is 5.91 Å². The second-order valence-corrected chi connectivity index (χ2v) is 10.8. The van der Waals surface area contributed by atoms with Crippen molar-refractivity contribution < 1.29 is 19.2 Å². The van der Waals surface area contributed by atoms with Crippen molar-refractivity contribution in [3.63, 3.8) is 0 Å². The van der Waals surface area contributed by atoms with Crippen LogP contribution in [0.25, 0.3) is 5.70 Å². The molecule has 3 aliphatic rings. The molecule has 0 bridgehead atoms. The number of nitrogens with zero attached hydrogens (tertiary/aromatic N) is 1. The molecule has 0 saturated carbocycles. The number of carbonyl (C=O) groups is 4. The second kappa shape index (κ2) is 16.5. The monoisotopic (exact) mass is 600 g/mol. The Morgan fingerprint density at radius 2 is 1.77 bits per heavy atom. The van der Waals surface area contributed by atoms with E-state index in [1.54, 1.807) is 19.1 Å². The van der Waals surface area contributed by atoms with Crippen LogP contribution in [0.1, 0.15) is 102 Å². The minimum Gasteiger partial charge on any atom is -0.370 e. The number of hydrogen-bond donors (Lipinski definition) is 3. The maximum atomic E-state index is 12.1. The number of hydrogen-bond acceptors (Lipinski definition) is 5. The van der Waals surface area contributed by atoms with Crippen LogP contribution in [-0.2, 0) is 39.3 Å². The summed E-state index contributed by atoms with van der Waals surface area (Å²) in [6.07, 6.45) is 5.73. The fourth-order valence-electron chi connectivity index (χ4n) is 5.29. The molecule has 2 aliphatic heterocycles. The van der Waals surface area contributed by atoms with Crippen LogP contribution >= 0.6 is 0 Å². The Labute approximate surface area is 263 Å². The molecule has 44 heavy (non-hydrogen) atoms. The van der Waals surface area contributed by atoms with Gasteiger partial charge in [-0.1, -0.05) is 77.2 Å². The van der Waals surface area contributed by atoms with Gasteiger partial charge in [-0.15, -0.1) is 0 Å². The van der Waals surface area contributed by atoms with Crippen LogP contribution in [0.2, 0.25) is 0 Å². The van der Waals surface area contributed by atoms with E-state index in [0.717, 1.165) is 24.1 Å². The third kappa shape index (κ3) is 8.37. The van der Waals surface area contributed by atoms with Gasteiger partial charge in [0, 0.05) is 37.3 Å². The van der Waals surface area contributed by atoms with Crippen LogP contribution in [0.15, 0.2) is 42.5 Å². The summed E-state index contributed by atoms with van der Waals surface area (Å²) in [6, 6.07) is 11.8. The van der Waals surface area contributed by atoms with Crippen LogP contribution in [0.5, 0.6) is 0 Å². The topological polar surface area (TPSA) is 108 Å². The Hall–Kier alpha value is -4.38. The molecule has 1 saturated heterocycles. The lowest BCUT2D eigenvalue weighted by Crippen LogP contribution is -2.41. The van der Waals surface area contributed by atoms with Crippen LogP contribution in [-0.4, -0.2) is 35.7 Å². The van der Waals surface area contributed by atoms with Crippen molar-refractivity contribution in [2.45, 2.75) is 93.2 Å². The fraction of sp³-hybridized carbons (Fsp3) is 0.444. The molecule has 1 spiro atoms. The molecule has 2 aromatic rings. The molecule has 0 aromatic heterocycles. The number of urea groups is 1. The van der Waals surface area contributed by atoms with Crippen molar-refractivity contribution in [3.05, 3.63) is 75.9 Å². The minimum absolute atomic E-state index is 0.329. The number of imide groups is 2. The van der Waals surface area contributed by atoms with E-state index in [-0.39, 0.29) is 5.91 Å². The summed E-state index contributed by atoms with van der Waals surface area (Å²) < 4.78 is 0. The van der Waals surface area contributed by atoms with Gasteiger partial charge in [-0.3, -0.25) is 25.0 Å². The highest BCUT2D eigenvalue weighted by Gasteiger charge is 2.51. The molecule has 2 atom stereocenters. The number of amides is 5. The molecule has 5 rings (SSSR count). The number of nitrogens with one attached hydrogen (secondary N) is 3. The van der Waals surface area contributed by atoms with Gasteiger partial charge in [-0.2, -0.15) is 0 Å². The SMILES string of the molecule is CC.CC(=O)NC(=O)C(C)C#Cc1ccc2c(c1)CCC21NC(=O)NC1=O.CC=C1c2cc(CC)ccc2CN1C.CCC. The average molecular weight is 601 g/mol. The molecule has 1 fully saturated rings. The Balaban J connectivity index is 0.000000299. The van der Waals surface area contributed by atoms with Crippen molar-refractivity contribution in [1.82, 2.24) is 20.9 Å². The summed E-state index contributed by atoms with van der Waals surface area (Å²) in [7, 11) is 2.15. The van der Waals surface area contributed by atoms with Gasteiger partial charge in [0.1, 0.15) is 5.54 Å². The van der Waals surface area contributed by atoms with Crippen molar-refractivity contribution in [1.29, 1.82) is 0 Å². The summed E-state index contributed by atoms with van der Waals surface area (Å²) in [5.74, 6) is 3.92. The zero-order chi connectivity index (χ0) is 33.0. The van der Waals surface area contributed by atoms with Gasteiger partial charge in [0.15, 0.2) is 0 Å². The Morgan fingerprint density at radius 1 is 1.09 bits per heavy atom. The minimum atomic E-state index is -0.979. The van der Waals surface area contributed by atoms with E-state index in [4.69, 9.17) is 0 Å². The molecule has 2 unspecified atom stereocenters. The molecule has 1 aliphatic carbocycles. The first-order chi connectivity index (χ1) is 21.0. The van der Waals surface area contributed by atoms with Crippen LogP contribution in [0.3, 0.4) is 0 Å². The van der Waals surface area contributed by atoms with E-state index < -0.39 is 29.3 Å². The van der Waals surface area contributed by atoms with E-state index in [9.17, 15) is 19.2 Å². The summed E-state index contributed by atoms with van der Waals surface area (Å²) in [5, 5.41) is 7.20. The third-order valence-electron chi connectivity index (χ3n) is 7.35. The highest BCUT2D eigenvalue weighted by Crippen LogP contribution is 2.39. The quantitative estimate of drug-likeness (QED) is 0.298. The van der Waals surface area contributed by atoms with Crippen LogP contribution in [0.4, 0.5) is 4.79 Å². The van der Waals surface area contributed by atoms with Crippen molar-refractivity contribution in [3.8, 4) is 11.8 Å². The van der Waals surface area contributed by atoms with Gasteiger partial charge < -0.3 is 10.2 Å². The summed E-state index contributed by atoms with van der Waals surface area (Å²) in [6.45, 7) is 16.5. The van der Waals surface area contributed by atoms with Crippen molar-refractivity contribution >= 4 is 29.4 Å². The summed E-state index contributed by atoms with van der Waals surface area (Å²) in [4.78, 5) is 48.5. The molecular formula is C36H48N4O4. The van der Waals surface area contributed by atoms with Gasteiger partial charge in [0.2, 0.25) is 11.8 Å². The highest BCUT2D eigenvalue weighted by atomic mass is 16.2. The van der Waals surface area contributed by atoms with Gasteiger partial charge in [0.05, 0.1) is 5.92 Å². The molecule has 0 radical (unpaired) electrons. The zero-order valence-corrected chi connectivity index (χ0v) is 27.7. The lowest BCUT2D eigenvalue weighted by Gasteiger charge is -2.20. The lowest BCUT2D eigenvalue weighted by molar-refractivity contribution is -0.130. The van der Waals surface area contributed by atoms with E-state index in [0.29, 0.717) is 18.4 Å². The summed E-state index contributed by atoms with van der Waals surface area (Å²) >= 11 is 0. The maximum absolute atomic E-state index is 12.1. The predicted octanol–water partition coefficient (Wildman–Crippen LogP) is 5.82. The van der Waals surface area contributed by atoms with Crippen molar-refractivity contribution in [2.75, 3.05) is 7.05 Å². The van der Waals surface area contributed by atoms with E-state index in [1.165, 1.54) is 35.7 Å². The molecule has 8 heteroatoms. The standard InChI is InChI=1S/C18H17N3O4.C13H17N.C3H8.C2H6/c1-10(15(23)19-11(2)22)3-4-12-5-6-14-13(9-12)7-8-18(14)16(24)20-17(25)21-18;1-4-10-6-7-11-9-14(3)13(5-2)12(11)8-10;1-3-2;1-2/h5-6,9-10H,7-8H2,1-2H3,(H,19,22,23)(H2,20,21,24,25);5-8H,4,9H2,1-3H3;3H2,1-2H3;1-2H3. The maximum Gasteiger partial charge on any atom is 0.322 e. The molecule has 2 aromatic carbocycles. The average Bonchev–Trinajstić information content (AvgIpc) is 3.63.